The molecular weight excluding hydrogens is 260 g/mol. The van der Waals surface area contributed by atoms with Crippen molar-refractivity contribution in [2.45, 2.75) is 19.8 Å². The van der Waals surface area contributed by atoms with Crippen molar-refractivity contribution in [3.63, 3.8) is 0 Å². The van der Waals surface area contributed by atoms with Gasteiger partial charge in [0.2, 0.25) is 10.0 Å². The van der Waals surface area contributed by atoms with E-state index < -0.39 is 10.0 Å². The van der Waals surface area contributed by atoms with Gasteiger partial charge in [-0.2, -0.15) is 0 Å². The van der Waals surface area contributed by atoms with Crippen LogP contribution in [-0.4, -0.2) is 30.9 Å². The Morgan fingerprint density at radius 3 is 3.00 bits per heavy atom. The van der Waals surface area contributed by atoms with Crippen LogP contribution >= 0.6 is 11.3 Å². The van der Waals surface area contributed by atoms with Crippen LogP contribution in [0.25, 0.3) is 0 Å². The van der Waals surface area contributed by atoms with Gasteiger partial charge in [0.1, 0.15) is 6.61 Å². The van der Waals surface area contributed by atoms with Gasteiger partial charge in [-0.25, -0.2) is 13.4 Å². The molecule has 0 saturated heterocycles. The molecule has 1 rings (SSSR count). The van der Waals surface area contributed by atoms with Crippen molar-refractivity contribution in [2.24, 2.45) is 0 Å². The highest BCUT2D eigenvalue weighted by atomic mass is 32.2. The molecule has 0 aliphatic heterocycles. The Labute approximate surface area is 105 Å². The zero-order chi connectivity index (χ0) is 12.7. The Kier molecular flexibility index (Phi) is 5.41. The minimum atomic E-state index is -3.30. The number of rotatable bonds is 5. The van der Waals surface area contributed by atoms with E-state index in [4.69, 9.17) is 5.11 Å². The maximum absolute atomic E-state index is 11.6. The minimum Gasteiger partial charge on any atom is -0.384 e. The van der Waals surface area contributed by atoms with Gasteiger partial charge in [-0.1, -0.05) is 36.5 Å². The lowest BCUT2D eigenvalue weighted by Gasteiger charge is -2.02. The van der Waals surface area contributed by atoms with Gasteiger partial charge < -0.3 is 5.11 Å². The molecule has 0 radical (unpaired) electrons. The number of sulfonamides is 1. The zero-order valence-corrected chi connectivity index (χ0v) is 11.1. The largest absolute Gasteiger partial charge is 0.384 e. The van der Waals surface area contributed by atoms with E-state index in [1.165, 1.54) is 6.20 Å². The molecule has 1 aromatic heterocycles. The van der Waals surface area contributed by atoms with Gasteiger partial charge in [-0.3, -0.25) is 4.72 Å². The molecule has 0 fully saturated rings. The second-order valence-corrected chi connectivity index (χ2v) is 6.14. The van der Waals surface area contributed by atoms with Crippen molar-refractivity contribution in [3.8, 4) is 11.8 Å². The fourth-order valence-electron chi connectivity index (χ4n) is 1.02. The van der Waals surface area contributed by atoms with Crippen LogP contribution in [-0.2, 0) is 10.0 Å². The number of hydrogen-bond donors (Lipinski definition) is 2. The van der Waals surface area contributed by atoms with Crippen LogP contribution in [0.3, 0.4) is 0 Å². The number of thiazole rings is 1. The Morgan fingerprint density at radius 2 is 2.35 bits per heavy atom. The molecule has 0 aromatic carbocycles. The summed E-state index contributed by atoms with van der Waals surface area (Å²) in [5.41, 5.74) is 0. The number of anilines is 1. The maximum Gasteiger partial charge on any atom is 0.234 e. The van der Waals surface area contributed by atoms with E-state index in [-0.39, 0.29) is 12.4 Å². The van der Waals surface area contributed by atoms with Crippen LogP contribution < -0.4 is 4.72 Å². The van der Waals surface area contributed by atoms with Crippen LogP contribution in [0.15, 0.2) is 6.20 Å². The molecule has 2 N–H and O–H groups in total. The quantitative estimate of drug-likeness (QED) is 0.786. The minimum absolute atomic E-state index is 0.0979. The van der Waals surface area contributed by atoms with Gasteiger partial charge in [0, 0.05) is 0 Å². The highest BCUT2D eigenvalue weighted by Gasteiger charge is 2.11. The van der Waals surface area contributed by atoms with Crippen LogP contribution in [0.4, 0.5) is 5.13 Å². The molecule has 0 saturated carbocycles. The summed E-state index contributed by atoms with van der Waals surface area (Å²) in [5.74, 6) is 5.24. The third-order valence-corrected chi connectivity index (χ3v) is 4.09. The summed E-state index contributed by atoms with van der Waals surface area (Å²) in [4.78, 5) is 4.52. The molecule has 0 aliphatic carbocycles. The van der Waals surface area contributed by atoms with E-state index in [0.717, 1.165) is 17.8 Å². The fourth-order valence-corrected chi connectivity index (χ4v) is 3.20. The summed E-state index contributed by atoms with van der Waals surface area (Å²) < 4.78 is 25.5. The van der Waals surface area contributed by atoms with Gasteiger partial charge in [0.05, 0.1) is 16.8 Å². The van der Waals surface area contributed by atoms with Crippen molar-refractivity contribution in [1.82, 2.24) is 4.98 Å². The number of hydrogen-bond acceptors (Lipinski definition) is 5. The molecule has 0 atom stereocenters. The first kappa shape index (κ1) is 14.0. The molecule has 0 unspecified atom stereocenters. The monoisotopic (exact) mass is 274 g/mol. The summed E-state index contributed by atoms with van der Waals surface area (Å²) in [6.07, 6.45) is 2.93. The molecule has 0 amide bonds. The van der Waals surface area contributed by atoms with E-state index in [1.807, 2.05) is 6.92 Å². The Morgan fingerprint density at radius 1 is 1.59 bits per heavy atom. The topological polar surface area (TPSA) is 79.3 Å². The van der Waals surface area contributed by atoms with Crippen molar-refractivity contribution < 1.29 is 13.5 Å². The summed E-state index contributed by atoms with van der Waals surface area (Å²) >= 11 is 1.15. The van der Waals surface area contributed by atoms with Gasteiger partial charge in [-0.15, -0.1) is 0 Å². The molecule has 94 valence electrons. The SMILES string of the molecule is CCCCS(=O)(=O)Nc1ncc(C#CCO)s1. The first-order valence-corrected chi connectivity index (χ1v) is 7.60. The molecule has 5 nitrogen and oxygen atoms in total. The first-order valence-electron chi connectivity index (χ1n) is 5.13. The molecule has 0 aliphatic rings. The van der Waals surface area contributed by atoms with Crippen LogP contribution in [0.1, 0.15) is 24.6 Å². The van der Waals surface area contributed by atoms with Gasteiger partial charge in [0.25, 0.3) is 0 Å². The van der Waals surface area contributed by atoms with E-state index >= 15 is 0 Å². The normalized spacial score (nSPS) is 10.7. The molecule has 0 spiro atoms. The smallest absolute Gasteiger partial charge is 0.234 e. The Hall–Kier alpha value is -1.10. The lowest BCUT2D eigenvalue weighted by atomic mass is 10.4. The lowest BCUT2D eigenvalue weighted by Crippen LogP contribution is -2.16. The predicted molar refractivity (Wildman–Crippen MR) is 68.4 cm³/mol. The van der Waals surface area contributed by atoms with Crippen molar-refractivity contribution in [1.29, 1.82) is 0 Å². The summed E-state index contributed by atoms with van der Waals surface area (Å²) in [5, 5.41) is 8.83. The Balaban J connectivity index is 2.66. The summed E-state index contributed by atoms with van der Waals surface area (Å²) in [6.45, 7) is 1.71. The highest BCUT2D eigenvalue weighted by Crippen LogP contribution is 2.18. The van der Waals surface area contributed by atoms with E-state index in [1.54, 1.807) is 0 Å². The number of nitrogens with zero attached hydrogens (tertiary/aromatic N) is 1. The lowest BCUT2D eigenvalue weighted by molar-refractivity contribution is 0.350. The standard InChI is InChI=1S/C10H14N2O3S2/c1-2-3-7-17(14,15)12-10-11-8-9(16-10)5-4-6-13/h8,13H,2-3,6-7H2,1H3,(H,11,12). The van der Waals surface area contributed by atoms with Crippen molar-refractivity contribution in [2.75, 3.05) is 17.1 Å². The first-order chi connectivity index (χ1) is 8.07. The second-order valence-electron chi connectivity index (χ2n) is 3.26. The number of aromatic nitrogens is 1. The number of aliphatic hydroxyl groups is 1. The summed E-state index contributed by atoms with van der Waals surface area (Å²) in [7, 11) is -3.30. The number of unbranched alkanes of at least 4 members (excludes halogenated alkanes) is 1. The summed E-state index contributed by atoms with van der Waals surface area (Å²) in [6, 6.07) is 0. The average Bonchev–Trinajstić information content (AvgIpc) is 2.70. The number of aliphatic hydroxyl groups excluding tert-OH is 1. The second kappa shape index (κ2) is 6.59. The van der Waals surface area contributed by atoms with Crippen molar-refractivity contribution in [3.05, 3.63) is 11.1 Å². The zero-order valence-electron chi connectivity index (χ0n) is 9.43. The van der Waals surface area contributed by atoms with Gasteiger partial charge in [0.15, 0.2) is 5.13 Å². The van der Waals surface area contributed by atoms with Crippen molar-refractivity contribution >= 4 is 26.5 Å². The molecule has 1 aromatic rings. The maximum atomic E-state index is 11.6. The van der Waals surface area contributed by atoms with Crippen LogP contribution in [0, 0.1) is 11.8 Å². The molecule has 0 bridgehead atoms. The third-order valence-electron chi connectivity index (χ3n) is 1.81. The molecule has 7 heteroatoms. The number of nitrogens with one attached hydrogen (secondary N) is 1. The predicted octanol–water partition coefficient (Wildman–Crippen LogP) is 1.03. The molecular formula is C10H14N2O3S2. The van der Waals surface area contributed by atoms with E-state index in [0.29, 0.717) is 16.4 Å². The van der Waals surface area contributed by atoms with Gasteiger partial charge >= 0.3 is 0 Å². The van der Waals surface area contributed by atoms with Gasteiger partial charge in [-0.05, 0) is 6.42 Å². The average molecular weight is 274 g/mol. The Bertz CT molecular complexity index is 511. The van der Waals surface area contributed by atoms with E-state index in [2.05, 4.69) is 21.5 Å². The molecule has 1 heterocycles. The third kappa shape index (κ3) is 5.17. The van der Waals surface area contributed by atoms with Crippen LogP contribution in [0.5, 0.6) is 0 Å². The highest BCUT2D eigenvalue weighted by molar-refractivity contribution is 7.92. The van der Waals surface area contributed by atoms with E-state index in [9.17, 15) is 8.42 Å². The molecule has 17 heavy (non-hydrogen) atoms. The fraction of sp³-hybridized carbons (Fsp3) is 0.500. The van der Waals surface area contributed by atoms with Crippen LogP contribution in [0.2, 0.25) is 0 Å².